The summed E-state index contributed by atoms with van der Waals surface area (Å²) in [7, 11) is 3.70. The van der Waals surface area contributed by atoms with Crippen molar-refractivity contribution in [2.75, 3.05) is 125 Å². The summed E-state index contributed by atoms with van der Waals surface area (Å²) in [5.41, 5.74) is 8.54. The molecule has 6 aromatic carbocycles. The van der Waals surface area contributed by atoms with Crippen LogP contribution in [0.3, 0.4) is 0 Å². The van der Waals surface area contributed by atoms with Crippen LogP contribution in [-0.2, 0) is 48.2 Å². The third-order valence-electron chi connectivity index (χ3n) is 22.3. The highest BCUT2D eigenvalue weighted by atomic mass is 35.5. The number of hydrogen-bond acceptors (Lipinski definition) is 21. The van der Waals surface area contributed by atoms with Crippen LogP contribution in [0.4, 0.5) is 39.4 Å². The van der Waals surface area contributed by atoms with Gasteiger partial charge in [-0.25, -0.2) is 36.3 Å². The number of thioether (sulfide) groups is 3. The second-order valence-corrected chi connectivity index (χ2v) is 35.5. The SMILES string of the molecule is C=CC(=O)N1[C@H](C)CN(c2nc(=O)n3c4c(c(-c5cc(Cl)c(F)cc5F)c(Cl)cc24)SCC(OCCN)C3)C[C@@H]1C.C=CC(=O)N1[C@H](C)CN(c2nc(=O)n3c4c(c(-c5ccc(F)cc5)c(Cl)cc24)SCC(OCCNC)C3)C[C@@H]1C.C=CC(=O)N1[C@H](C)CN(c2nc(=O)n3c4c(c(-c5ccc(F)cc5F)c(Cl)cc24)SCC(OCCNC)C3)C[C@@H]1C. The summed E-state index contributed by atoms with van der Waals surface area (Å²) in [5, 5.41) is 8.81. The number of piperazine rings is 3. The van der Waals surface area contributed by atoms with Gasteiger partial charge in [-0.3, -0.25) is 28.1 Å². The molecule has 6 aliphatic heterocycles. The lowest BCUT2D eigenvalue weighted by molar-refractivity contribution is -0.131. The van der Waals surface area contributed by atoms with Crippen LogP contribution in [0.5, 0.6) is 0 Å². The topological polar surface area (TPSA) is 253 Å². The first-order valence-corrected chi connectivity index (χ1v) is 44.4. The smallest absolute Gasteiger partial charge is 0.350 e. The van der Waals surface area contributed by atoms with Gasteiger partial charge in [-0.15, -0.1) is 35.3 Å². The van der Waals surface area contributed by atoms with E-state index in [4.69, 9.17) is 66.3 Å². The van der Waals surface area contributed by atoms with Crippen molar-refractivity contribution in [3.63, 3.8) is 0 Å². The summed E-state index contributed by atoms with van der Waals surface area (Å²) in [6.07, 6.45) is 3.03. The number of carbonyl (C=O) groups is 3. The Morgan fingerprint density at radius 1 is 0.451 bits per heavy atom. The van der Waals surface area contributed by atoms with E-state index in [2.05, 4.69) is 50.2 Å². The molecule has 0 bridgehead atoms. The predicted octanol–water partition coefficient (Wildman–Crippen LogP) is 13.2. The third kappa shape index (κ3) is 18.7. The average molecular weight is 1810 g/mol. The van der Waals surface area contributed by atoms with E-state index >= 15 is 8.78 Å². The molecule has 0 saturated carbocycles. The molecule has 3 fully saturated rings. The van der Waals surface area contributed by atoms with E-state index in [1.807, 2.05) is 76.4 Å². The van der Waals surface area contributed by atoms with Crippen LogP contribution in [0, 0.1) is 29.1 Å². The lowest BCUT2D eigenvalue weighted by Gasteiger charge is -2.44. The molecule has 36 heteroatoms. The minimum absolute atomic E-state index is 0.0169. The van der Waals surface area contributed by atoms with Crippen molar-refractivity contribution in [1.82, 2.24) is 54.0 Å². The van der Waals surface area contributed by atoms with Crippen LogP contribution in [0.1, 0.15) is 41.5 Å². The molecule has 3 aromatic heterocycles. The normalized spacial score (nSPS) is 20.9. The highest BCUT2D eigenvalue weighted by molar-refractivity contribution is 8.00. The first-order chi connectivity index (χ1) is 58.4. The molecule has 0 spiro atoms. The number of aromatic nitrogens is 6. The number of amides is 3. The van der Waals surface area contributed by atoms with Gasteiger partial charge in [0.15, 0.2) is 0 Å². The quantitative estimate of drug-likeness (QED) is 0.0277. The van der Waals surface area contributed by atoms with Gasteiger partial charge in [0.2, 0.25) is 17.7 Å². The van der Waals surface area contributed by atoms with E-state index in [0.717, 1.165) is 39.1 Å². The van der Waals surface area contributed by atoms with Crippen molar-refractivity contribution < 1.29 is 50.5 Å². The van der Waals surface area contributed by atoms with Crippen LogP contribution < -0.4 is 48.1 Å². The number of nitrogens with zero attached hydrogens (tertiary/aromatic N) is 12. The number of rotatable bonds is 20. The molecule has 9 heterocycles. The highest BCUT2D eigenvalue weighted by Crippen LogP contribution is 2.51. The average Bonchev–Trinajstić information content (AvgIpc) is 1.92. The van der Waals surface area contributed by atoms with E-state index in [-0.39, 0.29) is 123 Å². The first kappa shape index (κ1) is 91.1. The fraction of sp³-hybridized carbons (Fsp3) is 0.407. The number of benzene rings is 6. The lowest BCUT2D eigenvalue weighted by atomic mass is 10.0. The van der Waals surface area contributed by atoms with E-state index in [0.29, 0.717) is 168 Å². The lowest BCUT2D eigenvalue weighted by Crippen LogP contribution is -2.58. The molecule has 3 unspecified atom stereocenters. The summed E-state index contributed by atoms with van der Waals surface area (Å²) in [6.45, 7) is 29.0. The summed E-state index contributed by atoms with van der Waals surface area (Å²) < 4.78 is 94.9. The molecule has 3 amide bonds. The molecule has 0 radical (unpaired) electrons. The number of hydrogen-bond donors (Lipinski definition) is 3. The van der Waals surface area contributed by atoms with Crippen molar-refractivity contribution >= 4 is 150 Å². The zero-order valence-corrected chi connectivity index (χ0v) is 73.9. The van der Waals surface area contributed by atoms with Gasteiger partial charge >= 0.3 is 17.1 Å². The van der Waals surface area contributed by atoms with Crippen molar-refractivity contribution in [1.29, 1.82) is 0 Å². The fourth-order valence-electron chi connectivity index (χ4n) is 17.1. The molecule has 9 aromatic rings. The minimum Gasteiger partial charge on any atom is -0.374 e. The minimum atomic E-state index is -0.890. The van der Waals surface area contributed by atoms with Gasteiger partial charge in [-0.05, 0) is 128 Å². The standard InChI is InChI=1S/C29H32ClF2N5O3S.C29H33ClFN5O3S.C28H29Cl2F2N5O3S/c1-5-24(38)37-16(2)12-35(13-17(37)3)28-21-11-22(30)25(20-7-6-18(31)10-23(20)32)27-26(21)36(29(39)34-28)14-19(15-41-27)40-9-8-33-4;1-5-24(37)36-17(2)13-34(14-18(36)3)28-22-12-23(30)25(19-6-8-20(31)9-7-19)27-26(22)35(29(38)33-28)15-21(16-40-27)39-11-10-32-4;1-4-23(38)37-14(2)10-35(11-15(37)3)27-18-8-20(30)24(17-7-19(29)22(32)9-21(17)31)26-25(18)36(28(39)34-27)12-16(13-41-26)40-6-5-33/h5-7,10-11,16-17,19,33H,1,8-9,12-15H2,2-4H3;5-9,12,17-18,21,32H,1,10-11,13-16H2,2-4H3;4,7-9,14-16H,1,5-6,10-13,33H2,2-3H3/t16-,17+,19?;17-,18+,21?;14-,15+,16?. The van der Waals surface area contributed by atoms with Crippen LogP contribution in [0.15, 0.2) is 140 Å². The van der Waals surface area contributed by atoms with Gasteiger partial charge in [0, 0.05) is 183 Å². The van der Waals surface area contributed by atoms with Gasteiger partial charge in [-0.1, -0.05) is 78.3 Å². The van der Waals surface area contributed by atoms with Gasteiger partial charge in [0.05, 0.1) is 94.4 Å². The number of anilines is 3. The Hall–Kier alpha value is -8.61. The number of halogens is 9. The van der Waals surface area contributed by atoms with E-state index < -0.39 is 34.6 Å². The van der Waals surface area contributed by atoms with Gasteiger partial charge in [0.25, 0.3) is 0 Å². The molecule has 648 valence electrons. The second-order valence-electron chi connectivity index (χ2n) is 30.8. The molecule has 3 saturated heterocycles. The van der Waals surface area contributed by atoms with E-state index in [9.17, 15) is 41.9 Å². The molecule has 15 rings (SSSR count). The Morgan fingerprint density at radius 2 is 0.787 bits per heavy atom. The fourth-order valence-corrected chi connectivity index (χ4v) is 22.2. The van der Waals surface area contributed by atoms with Crippen molar-refractivity contribution in [3.8, 4) is 33.4 Å². The number of carbonyl (C=O) groups excluding carboxylic acids is 3. The third-order valence-corrected chi connectivity index (χ3v) is 27.1. The van der Waals surface area contributed by atoms with Crippen LogP contribution in [0.2, 0.25) is 20.1 Å². The van der Waals surface area contributed by atoms with Crippen molar-refractivity contribution in [2.45, 2.75) is 130 Å². The number of nitrogens with one attached hydrogen (secondary N) is 2. The summed E-state index contributed by atoms with van der Waals surface area (Å²) in [6, 6.07) is 15.8. The maximum atomic E-state index is 15.2. The van der Waals surface area contributed by atoms with E-state index in [1.54, 1.807) is 55.0 Å². The van der Waals surface area contributed by atoms with Crippen molar-refractivity contribution in [2.24, 2.45) is 5.73 Å². The van der Waals surface area contributed by atoms with Crippen molar-refractivity contribution in [3.05, 3.63) is 191 Å². The van der Waals surface area contributed by atoms with Gasteiger partial charge in [0.1, 0.15) is 46.5 Å². The predicted molar refractivity (Wildman–Crippen MR) is 477 cm³/mol. The monoisotopic (exact) mass is 1810 g/mol. The zero-order chi connectivity index (χ0) is 87.6. The molecule has 122 heavy (non-hydrogen) atoms. The molecule has 6 aliphatic rings. The molecule has 9 atom stereocenters. The van der Waals surface area contributed by atoms with Crippen LogP contribution in [0.25, 0.3) is 66.1 Å². The molecule has 24 nitrogen and oxygen atoms in total. The van der Waals surface area contributed by atoms with Gasteiger partial charge in [-0.2, -0.15) is 15.0 Å². The Balaban J connectivity index is 0.000000158. The summed E-state index contributed by atoms with van der Waals surface area (Å²) >= 11 is 31.2. The number of nitrogens with two attached hydrogens (primary N) is 1. The zero-order valence-electron chi connectivity index (χ0n) is 68.5. The maximum Gasteiger partial charge on any atom is 0.350 e. The summed E-state index contributed by atoms with van der Waals surface area (Å²) in [5.74, 6) is -0.999. The van der Waals surface area contributed by atoms with Crippen LogP contribution in [-0.4, -0.2) is 226 Å². The number of likely N-dealkylation sites (N-methyl/N-ethyl adjacent to an activating group) is 2. The summed E-state index contributed by atoms with van der Waals surface area (Å²) in [4.78, 5) is 105. The Kier molecular flexibility index (Phi) is 29.3. The number of ether oxygens (including phenoxy) is 3. The largest absolute Gasteiger partial charge is 0.374 e. The first-order valence-electron chi connectivity index (χ1n) is 39.9. The second kappa shape index (κ2) is 39.3. The maximum absolute atomic E-state index is 15.2. The Labute approximate surface area is 734 Å². The molecular weight excluding hydrogens is 1720 g/mol. The molecule has 0 aliphatic carbocycles. The molecule has 4 N–H and O–H groups in total. The molecular formula is C86H94Cl4F5N15O9S3. The Morgan fingerprint density at radius 3 is 1.14 bits per heavy atom. The highest BCUT2D eigenvalue weighted by Gasteiger charge is 2.40. The van der Waals surface area contributed by atoms with E-state index in [1.165, 1.54) is 76.7 Å². The van der Waals surface area contributed by atoms with Gasteiger partial charge < -0.3 is 60.0 Å². The Bertz CT molecular complexity index is 5730. The van der Waals surface area contributed by atoms with Crippen LogP contribution >= 0.6 is 81.7 Å².